The Labute approximate surface area is 113 Å². The topological polar surface area (TPSA) is 29.4 Å². The normalized spacial score (nSPS) is 28.8. The molecule has 3 unspecified atom stereocenters. The highest BCUT2D eigenvalue weighted by molar-refractivity contribution is 14.1. The van der Waals surface area contributed by atoms with Crippen LogP contribution in [0.1, 0.15) is 51.9 Å². The molecule has 1 fully saturated rings. The molecule has 0 aromatic carbocycles. The van der Waals surface area contributed by atoms with E-state index < -0.39 is 0 Å². The van der Waals surface area contributed by atoms with E-state index in [9.17, 15) is 4.91 Å². The largest absolute Gasteiger partial charge is 0.151 e. The van der Waals surface area contributed by atoms with Crippen molar-refractivity contribution in [1.29, 1.82) is 0 Å². The molecule has 0 saturated heterocycles. The molecule has 1 aliphatic rings. The molecule has 1 aliphatic carbocycles. The van der Waals surface area contributed by atoms with Crippen molar-refractivity contribution in [3.63, 3.8) is 0 Å². The first-order chi connectivity index (χ1) is 7.83. The third-order valence-corrected chi connectivity index (χ3v) is 4.85. The molecule has 0 spiro atoms. The standard InChI is InChI=1S/C13H24INO/c1-2-11-10-12(6-3-4-8-14)13(11)7-5-9-15-16/h11-13H,2-10H2,1H3. The quantitative estimate of drug-likeness (QED) is 0.257. The summed E-state index contributed by atoms with van der Waals surface area (Å²) in [6, 6.07) is 0. The molecule has 0 amide bonds. The molecule has 16 heavy (non-hydrogen) atoms. The third kappa shape index (κ3) is 4.30. The van der Waals surface area contributed by atoms with Crippen LogP contribution in [0.25, 0.3) is 0 Å². The fourth-order valence-electron chi connectivity index (χ4n) is 3.09. The van der Waals surface area contributed by atoms with Crippen LogP contribution in [-0.4, -0.2) is 11.0 Å². The first kappa shape index (κ1) is 14.4. The zero-order chi connectivity index (χ0) is 11.8. The van der Waals surface area contributed by atoms with Crippen molar-refractivity contribution in [3.8, 4) is 0 Å². The van der Waals surface area contributed by atoms with Gasteiger partial charge < -0.3 is 0 Å². The van der Waals surface area contributed by atoms with Crippen molar-refractivity contribution in [1.82, 2.24) is 0 Å². The van der Waals surface area contributed by atoms with Gasteiger partial charge in [-0.25, -0.2) is 0 Å². The molecule has 0 bridgehead atoms. The minimum atomic E-state index is 0.521. The Morgan fingerprint density at radius 3 is 2.62 bits per heavy atom. The fourth-order valence-corrected chi connectivity index (χ4v) is 3.63. The van der Waals surface area contributed by atoms with E-state index in [0.29, 0.717) is 6.54 Å². The molecule has 0 heterocycles. The molecule has 0 aliphatic heterocycles. The van der Waals surface area contributed by atoms with Crippen LogP contribution in [0.4, 0.5) is 0 Å². The van der Waals surface area contributed by atoms with Gasteiger partial charge in [-0.3, -0.25) is 0 Å². The van der Waals surface area contributed by atoms with E-state index in [-0.39, 0.29) is 0 Å². The summed E-state index contributed by atoms with van der Waals surface area (Å²) in [4.78, 5) is 10.1. The van der Waals surface area contributed by atoms with Crippen LogP contribution < -0.4 is 0 Å². The Balaban J connectivity index is 2.20. The van der Waals surface area contributed by atoms with Gasteiger partial charge in [0.25, 0.3) is 0 Å². The van der Waals surface area contributed by atoms with Crippen molar-refractivity contribution in [2.75, 3.05) is 11.0 Å². The lowest BCUT2D eigenvalue weighted by Gasteiger charge is -2.45. The Bertz CT molecular complexity index is 198. The van der Waals surface area contributed by atoms with Crippen molar-refractivity contribution in [2.45, 2.75) is 51.9 Å². The van der Waals surface area contributed by atoms with Crippen LogP contribution in [-0.2, 0) is 0 Å². The molecule has 3 atom stereocenters. The molecule has 0 radical (unpaired) electrons. The first-order valence-corrected chi connectivity index (χ1v) is 8.21. The summed E-state index contributed by atoms with van der Waals surface area (Å²) in [5.41, 5.74) is 0. The predicted octanol–water partition coefficient (Wildman–Crippen LogP) is 4.80. The number of hydrogen-bond donors (Lipinski definition) is 0. The number of nitrogens with zero attached hydrogens (tertiary/aromatic N) is 1. The van der Waals surface area contributed by atoms with Crippen molar-refractivity contribution in [3.05, 3.63) is 4.91 Å². The van der Waals surface area contributed by atoms with Gasteiger partial charge in [0.05, 0.1) is 6.54 Å². The highest BCUT2D eigenvalue weighted by Gasteiger charge is 2.38. The molecule has 0 aromatic heterocycles. The smallest absolute Gasteiger partial charge is 0.0811 e. The summed E-state index contributed by atoms with van der Waals surface area (Å²) in [5, 5.41) is 2.97. The van der Waals surface area contributed by atoms with E-state index in [2.05, 4.69) is 34.7 Å². The van der Waals surface area contributed by atoms with E-state index in [1.54, 1.807) is 0 Å². The summed E-state index contributed by atoms with van der Waals surface area (Å²) in [6.07, 6.45) is 9.19. The van der Waals surface area contributed by atoms with Crippen molar-refractivity contribution >= 4 is 22.6 Å². The minimum absolute atomic E-state index is 0.521. The van der Waals surface area contributed by atoms with Crippen LogP contribution in [0.3, 0.4) is 0 Å². The SMILES string of the molecule is CCC1CC(CCCCI)C1CCCN=O. The van der Waals surface area contributed by atoms with E-state index in [1.165, 1.54) is 43.0 Å². The second-order valence-electron chi connectivity index (χ2n) is 5.01. The van der Waals surface area contributed by atoms with Crippen molar-refractivity contribution in [2.24, 2.45) is 22.9 Å². The average Bonchev–Trinajstić information content (AvgIpc) is 2.28. The Morgan fingerprint density at radius 2 is 2.00 bits per heavy atom. The summed E-state index contributed by atoms with van der Waals surface area (Å²) in [7, 11) is 0. The first-order valence-electron chi connectivity index (χ1n) is 6.68. The molecule has 0 N–H and O–H groups in total. The number of nitroso groups, excluding NO2 is 1. The summed E-state index contributed by atoms with van der Waals surface area (Å²) in [5.74, 6) is 2.80. The Kier molecular flexibility index (Phi) is 7.58. The number of hydrogen-bond acceptors (Lipinski definition) is 2. The van der Waals surface area contributed by atoms with Crippen molar-refractivity contribution < 1.29 is 0 Å². The lowest BCUT2D eigenvalue weighted by atomic mass is 9.60. The monoisotopic (exact) mass is 337 g/mol. The molecule has 3 heteroatoms. The lowest BCUT2D eigenvalue weighted by molar-refractivity contribution is 0.0504. The van der Waals surface area contributed by atoms with Gasteiger partial charge in [-0.15, -0.1) is 0 Å². The maximum atomic E-state index is 10.1. The van der Waals surface area contributed by atoms with Gasteiger partial charge in [-0.05, 0) is 47.9 Å². The lowest BCUT2D eigenvalue weighted by Crippen LogP contribution is -2.36. The Hall–Kier alpha value is 0.330. The number of rotatable bonds is 9. The average molecular weight is 337 g/mol. The van der Waals surface area contributed by atoms with Gasteiger partial charge in [0.15, 0.2) is 0 Å². The van der Waals surface area contributed by atoms with Crippen LogP contribution in [0.2, 0.25) is 0 Å². The molecule has 94 valence electrons. The number of alkyl halides is 1. The molecule has 1 rings (SSSR count). The van der Waals surface area contributed by atoms with E-state index in [0.717, 1.165) is 24.2 Å². The molecule has 1 saturated carbocycles. The summed E-state index contributed by atoms with van der Waals surface area (Å²) in [6.45, 7) is 2.82. The van der Waals surface area contributed by atoms with Crippen LogP contribution >= 0.6 is 22.6 Å². The second kappa shape index (κ2) is 8.43. The summed E-state index contributed by atoms with van der Waals surface area (Å²) >= 11 is 2.46. The van der Waals surface area contributed by atoms with Gasteiger partial charge in [-0.1, -0.05) is 54.0 Å². The van der Waals surface area contributed by atoms with Crippen LogP contribution in [0, 0.1) is 22.7 Å². The van der Waals surface area contributed by atoms with Gasteiger partial charge in [-0.2, -0.15) is 4.91 Å². The minimum Gasteiger partial charge on any atom is -0.151 e. The second-order valence-corrected chi connectivity index (χ2v) is 6.09. The van der Waals surface area contributed by atoms with Gasteiger partial charge >= 0.3 is 0 Å². The molecular formula is C13H24INO. The van der Waals surface area contributed by atoms with Crippen LogP contribution in [0.5, 0.6) is 0 Å². The zero-order valence-electron chi connectivity index (χ0n) is 10.3. The third-order valence-electron chi connectivity index (χ3n) is 4.09. The van der Waals surface area contributed by atoms with E-state index in [1.807, 2.05) is 0 Å². The molecule has 0 aromatic rings. The highest BCUT2D eigenvalue weighted by Crippen LogP contribution is 2.47. The molecule has 2 nitrogen and oxygen atoms in total. The summed E-state index contributed by atoms with van der Waals surface area (Å²) < 4.78 is 1.29. The number of unbranched alkanes of at least 4 members (excludes halogenated alkanes) is 1. The maximum Gasteiger partial charge on any atom is 0.0811 e. The van der Waals surface area contributed by atoms with Gasteiger partial charge in [0, 0.05) is 0 Å². The van der Waals surface area contributed by atoms with Gasteiger partial charge in [0.2, 0.25) is 0 Å². The zero-order valence-corrected chi connectivity index (χ0v) is 12.5. The Morgan fingerprint density at radius 1 is 1.19 bits per heavy atom. The molecular weight excluding hydrogens is 313 g/mol. The van der Waals surface area contributed by atoms with E-state index >= 15 is 0 Å². The predicted molar refractivity (Wildman–Crippen MR) is 78.0 cm³/mol. The fraction of sp³-hybridized carbons (Fsp3) is 1.00. The van der Waals surface area contributed by atoms with E-state index in [4.69, 9.17) is 0 Å². The van der Waals surface area contributed by atoms with Crippen LogP contribution in [0.15, 0.2) is 5.18 Å². The van der Waals surface area contributed by atoms with Gasteiger partial charge in [0.1, 0.15) is 0 Å². The maximum absolute atomic E-state index is 10.1. The highest BCUT2D eigenvalue weighted by atomic mass is 127. The number of halogens is 1.